The molecule has 2 amide bonds. The molecule has 9 heteroatoms. The Balaban J connectivity index is 1.51. The summed E-state index contributed by atoms with van der Waals surface area (Å²) in [5, 5.41) is 7.21. The van der Waals surface area contributed by atoms with Crippen LogP contribution < -0.4 is 20.2 Å². The Kier molecular flexibility index (Phi) is 7.07. The molecule has 0 fully saturated rings. The Morgan fingerprint density at radius 1 is 0.939 bits per heavy atom. The molecule has 4 rings (SSSR count). The molecule has 0 bridgehead atoms. The topological polar surface area (TPSA) is 89.0 Å². The molecular weight excluding hydrogens is 510 g/mol. The van der Waals surface area contributed by atoms with Crippen LogP contribution in [-0.2, 0) is 4.79 Å². The number of nitrogens with one attached hydrogen (secondary N) is 2. The molecule has 166 valence electrons. The van der Waals surface area contributed by atoms with Crippen molar-refractivity contribution in [3.05, 3.63) is 98.6 Å². The van der Waals surface area contributed by atoms with Crippen molar-refractivity contribution in [2.75, 3.05) is 6.79 Å². The predicted molar refractivity (Wildman–Crippen MR) is 129 cm³/mol. The molecule has 0 atom stereocenters. The number of hydrogen-bond donors (Lipinski definition) is 2. The first-order chi connectivity index (χ1) is 16.0. The second-order valence-corrected chi connectivity index (χ2v) is 8.23. The van der Waals surface area contributed by atoms with Crippen molar-refractivity contribution in [1.82, 2.24) is 10.7 Å². The predicted octanol–water partition coefficient (Wildman–Crippen LogP) is 4.75. The lowest BCUT2D eigenvalue weighted by Gasteiger charge is -2.09. The first-order valence-electron chi connectivity index (χ1n) is 9.75. The minimum absolute atomic E-state index is 0.0214. The van der Waals surface area contributed by atoms with E-state index in [-0.39, 0.29) is 12.5 Å². The molecule has 3 aromatic rings. The number of halogens is 2. The molecule has 1 aliphatic heterocycles. The van der Waals surface area contributed by atoms with Crippen molar-refractivity contribution in [3.63, 3.8) is 0 Å². The average molecular weight is 527 g/mol. The number of carbonyl (C=O) groups excluding carboxylic acids is 2. The second-order valence-electron chi connectivity index (χ2n) is 6.88. The van der Waals surface area contributed by atoms with E-state index in [1.54, 1.807) is 72.8 Å². The van der Waals surface area contributed by atoms with E-state index in [1.165, 1.54) is 6.21 Å². The highest BCUT2D eigenvalue weighted by Gasteiger charge is 2.15. The molecular formula is C24H17BrClN3O4. The lowest BCUT2D eigenvalue weighted by atomic mass is 10.1. The first kappa shape index (κ1) is 22.6. The number of amides is 2. The van der Waals surface area contributed by atoms with Gasteiger partial charge in [0.1, 0.15) is 5.70 Å². The molecule has 1 heterocycles. The molecule has 0 aliphatic carbocycles. The summed E-state index contributed by atoms with van der Waals surface area (Å²) in [7, 11) is 0. The van der Waals surface area contributed by atoms with Gasteiger partial charge in [0.15, 0.2) is 11.5 Å². The van der Waals surface area contributed by atoms with E-state index in [2.05, 4.69) is 31.8 Å². The van der Waals surface area contributed by atoms with Gasteiger partial charge >= 0.3 is 0 Å². The maximum atomic E-state index is 12.8. The fourth-order valence-electron chi connectivity index (χ4n) is 2.90. The normalized spacial score (nSPS) is 12.6. The van der Waals surface area contributed by atoms with Crippen LogP contribution >= 0.6 is 27.5 Å². The van der Waals surface area contributed by atoms with Crippen LogP contribution in [0.5, 0.6) is 11.5 Å². The SMILES string of the molecule is O=C(N/N=C/c1ccc2c(c1)OCO2)/C(=C/c1ccc(Cl)cc1)NC(=O)c1ccc(Br)cc1. The van der Waals surface area contributed by atoms with Gasteiger partial charge in [-0.05, 0) is 71.8 Å². The van der Waals surface area contributed by atoms with E-state index in [0.717, 1.165) is 4.47 Å². The summed E-state index contributed by atoms with van der Waals surface area (Å²) in [6.45, 7) is 0.170. The van der Waals surface area contributed by atoms with Crippen molar-refractivity contribution in [2.24, 2.45) is 5.10 Å². The Labute approximate surface area is 203 Å². The molecule has 0 radical (unpaired) electrons. The zero-order valence-corrected chi connectivity index (χ0v) is 19.4. The lowest BCUT2D eigenvalue weighted by Crippen LogP contribution is -2.32. The summed E-state index contributed by atoms with van der Waals surface area (Å²) in [5.41, 5.74) is 4.25. The van der Waals surface area contributed by atoms with E-state index in [0.29, 0.717) is 33.2 Å². The smallest absolute Gasteiger partial charge is 0.287 e. The summed E-state index contributed by atoms with van der Waals surface area (Å²) < 4.78 is 11.4. The van der Waals surface area contributed by atoms with Gasteiger partial charge in [-0.2, -0.15) is 5.10 Å². The monoisotopic (exact) mass is 525 g/mol. The molecule has 0 aromatic heterocycles. The van der Waals surface area contributed by atoms with Gasteiger partial charge in [-0.15, -0.1) is 0 Å². The minimum Gasteiger partial charge on any atom is -0.454 e. The van der Waals surface area contributed by atoms with E-state index >= 15 is 0 Å². The molecule has 0 saturated carbocycles. The van der Waals surface area contributed by atoms with Gasteiger partial charge < -0.3 is 14.8 Å². The molecule has 33 heavy (non-hydrogen) atoms. The van der Waals surface area contributed by atoms with Crippen molar-refractivity contribution in [2.45, 2.75) is 0 Å². The van der Waals surface area contributed by atoms with Crippen LogP contribution in [0.3, 0.4) is 0 Å². The van der Waals surface area contributed by atoms with Crippen LogP contribution in [0.2, 0.25) is 5.02 Å². The molecule has 7 nitrogen and oxygen atoms in total. The van der Waals surface area contributed by atoms with E-state index in [1.807, 2.05) is 0 Å². The van der Waals surface area contributed by atoms with Crippen molar-refractivity contribution >= 4 is 51.6 Å². The Morgan fingerprint density at radius 3 is 2.39 bits per heavy atom. The number of hydrogen-bond acceptors (Lipinski definition) is 5. The molecule has 1 aliphatic rings. The number of carbonyl (C=O) groups is 2. The Bertz CT molecular complexity index is 1240. The number of rotatable bonds is 6. The average Bonchev–Trinajstić information content (AvgIpc) is 3.28. The van der Waals surface area contributed by atoms with Gasteiger partial charge in [0.2, 0.25) is 6.79 Å². The second kappa shape index (κ2) is 10.3. The van der Waals surface area contributed by atoms with Gasteiger partial charge in [0, 0.05) is 15.1 Å². The number of hydrazone groups is 1. The largest absolute Gasteiger partial charge is 0.454 e. The zero-order chi connectivity index (χ0) is 23.2. The van der Waals surface area contributed by atoms with Crippen LogP contribution in [0, 0.1) is 0 Å². The Hall–Kier alpha value is -3.62. The summed E-state index contributed by atoms with van der Waals surface area (Å²) in [6, 6.07) is 18.9. The number of nitrogens with zero attached hydrogens (tertiary/aromatic N) is 1. The molecule has 3 aromatic carbocycles. The van der Waals surface area contributed by atoms with Crippen molar-refractivity contribution in [3.8, 4) is 11.5 Å². The molecule has 0 unspecified atom stereocenters. The van der Waals surface area contributed by atoms with E-state index < -0.39 is 11.8 Å². The van der Waals surface area contributed by atoms with Crippen LogP contribution in [0.25, 0.3) is 6.08 Å². The van der Waals surface area contributed by atoms with Gasteiger partial charge in [0.25, 0.3) is 11.8 Å². The standard InChI is InChI=1S/C24H17BrClN3O4/c25-18-6-4-17(5-7-18)23(30)28-20(11-15-1-8-19(26)9-2-15)24(31)29-27-13-16-3-10-21-22(12-16)33-14-32-21/h1-13H,14H2,(H,28,30)(H,29,31)/b20-11-,27-13+. The summed E-state index contributed by atoms with van der Waals surface area (Å²) in [5.74, 6) is 0.236. The van der Waals surface area contributed by atoms with Gasteiger partial charge in [-0.3, -0.25) is 9.59 Å². The van der Waals surface area contributed by atoms with Gasteiger partial charge in [-0.25, -0.2) is 5.43 Å². The van der Waals surface area contributed by atoms with Gasteiger partial charge in [0.05, 0.1) is 6.21 Å². The number of ether oxygens (including phenoxy) is 2. The quantitative estimate of drug-likeness (QED) is 0.276. The van der Waals surface area contributed by atoms with Crippen molar-refractivity contribution < 1.29 is 19.1 Å². The number of benzene rings is 3. The third-order valence-corrected chi connectivity index (χ3v) is 5.34. The maximum absolute atomic E-state index is 12.8. The zero-order valence-electron chi connectivity index (χ0n) is 17.0. The van der Waals surface area contributed by atoms with Crippen molar-refractivity contribution in [1.29, 1.82) is 0 Å². The third kappa shape index (κ3) is 6.00. The maximum Gasteiger partial charge on any atom is 0.287 e. The van der Waals surface area contributed by atoms with E-state index in [4.69, 9.17) is 21.1 Å². The summed E-state index contributed by atoms with van der Waals surface area (Å²) in [6.07, 6.45) is 3.01. The van der Waals surface area contributed by atoms with Crippen LogP contribution in [0.15, 0.2) is 82.0 Å². The fraction of sp³-hybridized carbons (Fsp3) is 0.0417. The van der Waals surface area contributed by atoms with Crippen LogP contribution in [0.4, 0.5) is 0 Å². The Morgan fingerprint density at radius 2 is 1.64 bits per heavy atom. The highest BCUT2D eigenvalue weighted by Crippen LogP contribution is 2.31. The number of fused-ring (bicyclic) bond motifs is 1. The minimum atomic E-state index is -0.590. The van der Waals surface area contributed by atoms with Gasteiger partial charge in [-0.1, -0.05) is 39.7 Å². The molecule has 2 N–H and O–H groups in total. The lowest BCUT2D eigenvalue weighted by molar-refractivity contribution is -0.117. The summed E-state index contributed by atoms with van der Waals surface area (Å²) in [4.78, 5) is 25.5. The molecule has 0 spiro atoms. The van der Waals surface area contributed by atoms with Crippen LogP contribution in [-0.4, -0.2) is 24.8 Å². The van der Waals surface area contributed by atoms with E-state index in [9.17, 15) is 9.59 Å². The third-order valence-electron chi connectivity index (χ3n) is 4.56. The summed E-state index contributed by atoms with van der Waals surface area (Å²) >= 11 is 9.27. The highest BCUT2D eigenvalue weighted by atomic mass is 79.9. The fourth-order valence-corrected chi connectivity index (χ4v) is 3.29. The molecule has 0 saturated heterocycles. The first-order valence-corrected chi connectivity index (χ1v) is 10.9. The highest BCUT2D eigenvalue weighted by molar-refractivity contribution is 9.10. The van der Waals surface area contributed by atoms with Crippen LogP contribution in [0.1, 0.15) is 21.5 Å².